The Labute approximate surface area is 142 Å². The number of benzene rings is 1. The average molecular weight is 335 g/mol. The van der Waals surface area contributed by atoms with Gasteiger partial charge in [0.25, 0.3) is 11.8 Å². The van der Waals surface area contributed by atoms with Crippen molar-refractivity contribution in [1.29, 1.82) is 0 Å². The molecule has 0 aliphatic rings. The largest absolute Gasteiger partial charge is 0.351 e. The lowest BCUT2D eigenvalue weighted by Crippen LogP contribution is -3.17. The Morgan fingerprint density at radius 1 is 1.04 bits per heavy atom. The molecule has 2 atom stereocenters. The van der Waals surface area contributed by atoms with Gasteiger partial charge in [-0.15, -0.1) is 0 Å². The molecule has 0 saturated carbocycles. The van der Waals surface area contributed by atoms with Gasteiger partial charge in [-0.2, -0.15) is 0 Å². The summed E-state index contributed by atoms with van der Waals surface area (Å²) in [5, 5.41) is 8.25. The number of carbonyl (C=O) groups is 3. The van der Waals surface area contributed by atoms with Crippen molar-refractivity contribution in [2.24, 2.45) is 0 Å². The lowest BCUT2D eigenvalue weighted by atomic mass is 10.2. The van der Waals surface area contributed by atoms with Crippen molar-refractivity contribution in [2.75, 3.05) is 30.3 Å². The third-order valence-corrected chi connectivity index (χ3v) is 3.69. The number of hydrogen-bond acceptors (Lipinski definition) is 3. The summed E-state index contributed by atoms with van der Waals surface area (Å²) in [7, 11) is 0. The van der Waals surface area contributed by atoms with Crippen LogP contribution < -0.4 is 20.9 Å². The van der Waals surface area contributed by atoms with Crippen LogP contribution in [0.15, 0.2) is 24.3 Å². The van der Waals surface area contributed by atoms with Crippen LogP contribution in [0.4, 0.5) is 11.4 Å². The van der Waals surface area contributed by atoms with Crippen molar-refractivity contribution in [3.8, 4) is 0 Å². The molecule has 0 aliphatic carbocycles. The van der Waals surface area contributed by atoms with Crippen LogP contribution in [0, 0.1) is 0 Å². The Kier molecular flexibility index (Phi) is 7.91. The number of likely N-dealkylation sites (N-methyl/N-ethyl adjacent to an activating group) is 2. The third-order valence-electron chi connectivity index (χ3n) is 3.69. The molecule has 132 valence electrons. The Bertz CT molecular complexity index is 572. The highest BCUT2D eigenvalue weighted by atomic mass is 16.2. The Morgan fingerprint density at radius 2 is 1.58 bits per heavy atom. The highest BCUT2D eigenvalue weighted by molar-refractivity contribution is 5.92. The summed E-state index contributed by atoms with van der Waals surface area (Å²) in [4.78, 5) is 36.0. The monoisotopic (exact) mass is 335 g/mol. The standard InChI is InChI=1S/C17H26N4O3/c1-5-18-17(24)12(3)21(6-2)11-16(23)20-15-9-7-14(8-10-15)19-13(4)22/h7-10,12H,5-6,11H2,1-4H3,(H,18,24)(H,19,22)(H,20,23)/p+1/t12-/m0/s1. The highest BCUT2D eigenvalue weighted by Crippen LogP contribution is 2.13. The van der Waals surface area contributed by atoms with Gasteiger partial charge in [-0.3, -0.25) is 14.4 Å². The van der Waals surface area contributed by atoms with Crippen molar-refractivity contribution in [1.82, 2.24) is 5.32 Å². The number of rotatable bonds is 8. The predicted molar refractivity (Wildman–Crippen MR) is 93.9 cm³/mol. The fourth-order valence-electron chi connectivity index (χ4n) is 2.35. The van der Waals surface area contributed by atoms with Crippen LogP contribution in [-0.4, -0.2) is 43.4 Å². The second-order valence-electron chi connectivity index (χ2n) is 5.61. The second-order valence-corrected chi connectivity index (χ2v) is 5.61. The zero-order chi connectivity index (χ0) is 18.1. The maximum absolute atomic E-state index is 12.2. The number of nitrogens with one attached hydrogen (secondary N) is 4. The molecule has 1 aromatic carbocycles. The van der Waals surface area contributed by atoms with E-state index in [0.29, 0.717) is 24.5 Å². The van der Waals surface area contributed by atoms with Gasteiger partial charge in [-0.1, -0.05) is 0 Å². The minimum atomic E-state index is -0.289. The first-order chi connectivity index (χ1) is 11.4. The maximum Gasteiger partial charge on any atom is 0.279 e. The second kappa shape index (κ2) is 9.67. The fraction of sp³-hybridized carbons (Fsp3) is 0.471. The molecule has 0 radical (unpaired) electrons. The van der Waals surface area contributed by atoms with E-state index in [1.165, 1.54) is 6.92 Å². The quantitative estimate of drug-likeness (QED) is 0.539. The van der Waals surface area contributed by atoms with E-state index in [0.717, 1.165) is 4.90 Å². The number of anilines is 2. The zero-order valence-corrected chi connectivity index (χ0v) is 14.7. The molecule has 0 aromatic heterocycles. The summed E-state index contributed by atoms with van der Waals surface area (Å²) in [6, 6.07) is 6.60. The molecule has 0 saturated heterocycles. The van der Waals surface area contributed by atoms with Gasteiger partial charge in [-0.05, 0) is 45.0 Å². The first kappa shape index (κ1) is 19.6. The van der Waals surface area contributed by atoms with Crippen molar-refractivity contribution in [2.45, 2.75) is 33.7 Å². The van der Waals surface area contributed by atoms with Crippen molar-refractivity contribution in [3.05, 3.63) is 24.3 Å². The molecular formula is C17H27N4O3+. The van der Waals surface area contributed by atoms with Gasteiger partial charge in [0.15, 0.2) is 12.6 Å². The van der Waals surface area contributed by atoms with Crippen LogP contribution in [0.3, 0.4) is 0 Å². The Morgan fingerprint density at radius 3 is 2.04 bits per heavy atom. The molecule has 24 heavy (non-hydrogen) atoms. The molecule has 1 aromatic rings. The Hall–Kier alpha value is -2.41. The van der Waals surface area contributed by atoms with Crippen molar-refractivity contribution >= 4 is 29.1 Å². The number of hydrogen-bond donors (Lipinski definition) is 4. The summed E-state index contributed by atoms with van der Waals surface area (Å²) in [6.07, 6.45) is 0. The first-order valence-electron chi connectivity index (χ1n) is 8.17. The normalized spacial score (nSPS) is 12.8. The summed E-state index contributed by atoms with van der Waals surface area (Å²) in [6.45, 7) is 8.53. The van der Waals surface area contributed by atoms with Crippen LogP contribution in [0.2, 0.25) is 0 Å². The number of amides is 3. The molecule has 0 heterocycles. The summed E-state index contributed by atoms with van der Waals surface area (Å²) < 4.78 is 0. The molecule has 1 rings (SSSR count). The van der Waals surface area contributed by atoms with E-state index in [4.69, 9.17) is 0 Å². The minimum Gasteiger partial charge on any atom is -0.351 e. The summed E-state index contributed by atoms with van der Waals surface area (Å²) >= 11 is 0. The van der Waals surface area contributed by atoms with Crippen LogP contribution in [0.5, 0.6) is 0 Å². The molecular weight excluding hydrogens is 308 g/mol. The molecule has 0 fully saturated rings. The average Bonchev–Trinajstić information content (AvgIpc) is 2.53. The van der Waals surface area contributed by atoms with E-state index in [1.54, 1.807) is 24.3 Å². The van der Waals surface area contributed by atoms with Gasteiger partial charge in [0.2, 0.25) is 5.91 Å². The van der Waals surface area contributed by atoms with Crippen LogP contribution in [0.25, 0.3) is 0 Å². The van der Waals surface area contributed by atoms with Crippen molar-refractivity contribution in [3.63, 3.8) is 0 Å². The first-order valence-corrected chi connectivity index (χ1v) is 8.17. The van der Waals surface area contributed by atoms with Crippen LogP contribution >= 0.6 is 0 Å². The SMILES string of the molecule is CCNC(=O)[C@H](C)[NH+](CC)CC(=O)Nc1ccc(NC(C)=O)cc1. The smallest absolute Gasteiger partial charge is 0.279 e. The fourth-order valence-corrected chi connectivity index (χ4v) is 2.35. The summed E-state index contributed by atoms with van der Waals surface area (Å²) in [5.41, 5.74) is 1.32. The van der Waals surface area contributed by atoms with E-state index in [9.17, 15) is 14.4 Å². The van der Waals surface area contributed by atoms with E-state index in [2.05, 4.69) is 16.0 Å². The van der Waals surface area contributed by atoms with Gasteiger partial charge in [0, 0.05) is 24.8 Å². The van der Waals surface area contributed by atoms with Crippen LogP contribution in [-0.2, 0) is 14.4 Å². The minimum absolute atomic E-state index is 0.0539. The number of carbonyl (C=O) groups excluding carboxylic acids is 3. The van der Waals surface area contributed by atoms with Gasteiger partial charge in [0.05, 0.1) is 6.54 Å². The van der Waals surface area contributed by atoms with Gasteiger partial charge in [-0.25, -0.2) is 0 Å². The molecule has 0 aliphatic heterocycles. The van der Waals surface area contributed by atoms with Gasteiger partial charge >= 0.3 is 0 Å². The third kappa shape index (κ3) is 6.37. The molecule has 1 unspecified atom stereocenters. The van der Waals surface area contributed by atoms with E-state index >= 15 is 0 Å². The van der Waals surface area contributed by atoms with E-state index in [-0.39, 0.29) is 30.3 Å². The highest BCUT2D eigenvalue weighted by Gasteiger charge is 2.25. The maximum atomic E-state index is 12.2. The molecule has 4 N–H and O–H groups in total. The lowest BCUT2D eigenvalue weighted by molar-refractivity contribution is -0.904. The summed E-state index contributed by atoms with van der Waals surface area (Å²) in [5.74, 6) is -0.356. The molecule has 7 nitrogen and oxygen atoms in total. The number of quaternary nitrogens is 1. The predicted octanol–water partition coefficient (Wildman–Crippen LogP) is 0.0129. The zero-order valence-electron chi connectivity index (χ0n) is 14.7. The van der Waals surface area contributed by atoms with Crippen LogP contribution in [0.1, 0.15) is 27.7 Å². The molecule has 0 spiro atoms. The lowest BCUT2D eigenvalue weighted by Gasteiger charge is -2.23. The topological polar surface area (TPSA) is 91.7 Å². The Balaban J connectivity index is 2.60. The van der Waals surface area contributed by atoms with Gasteiger partial charge in [0.1, 0.15) is 0 Å². The van der Waals surface area contributed by atoms with E-state index in [1.807, 2.05) is 20.8 Å². The van der Waals surface area contributed by atoms with E-state index < -0.39 is 0 Å². The molecule has 0 bridgehead atoms. The van der Waals surface area contributed by atoms with Crippen molar-refractivity contribution < 1.29 is 19.3 Å². The van der Waals surface area contributed by atoms with Gasteiger partial charge < -0.3 is 20.9 Å². The molecule has 7 heteroatoms. The molecule has 3 amide bonds.